The Labute approximate surface area is 170 Å². The third kappa shape index (κ3) is 5.76. The summed E-state index contributed by atoms with van der Waals surface area (Å²) >= 11 is 0. The Hall–Kier alpha value is -1.98. The molecule has 2 aromatic rings. The SMILES string of the molecule is CC1CCCCN1Cc1ccccc1CNC(=O)c1cccc(CS(C)=O)c1. The van der Waals surface area contributed by atoms with Gasteiger partial charge in [0.15, 0.2) is 0 Å². The molecule has 1 fully saturated rings. The van der Waals surface area contributed by atoms with Crippen LogP contribution in [-0.2, 0) is 29.6 Å². The van der Waals surface area contributed by atoms with Crippen molar-refractivity contribution in [3.05, 3.63) is 70.8 Å². The summed E-state index contributed by atoms with van der Waals surface area (Å²) < 4.78 is 11.4. The van der Waals surface area contributed by atoms with Crippen molar-refractivity contribution < 1.29 is 9.00 Å². The molecule has 0 aliphatic carbocycles. The van der Waals surface area contributed by atoms with Gasteiger partial charge in [-0.15, -0.1) is 0 Å². The molecule has 2 atom stereocenters. The van der Waals surface area contributed by atoms with E-state index in [0.717, 1.165) is 18.7 Å². The molecule has 28 heavy (non-hydrogen) atoms. The summed E-state index contributed by atoms with van der Waals surface area (Å²) in [4.78, 5) is 15.2. The zero-order chi connectivity index (χ0) is 19.9. The van der Waals surface area contributed by atoms with Crippen molar-refractivity contribution in [1.82, 2.24) is 10.2 Å². The number of nitrogens with zero attached hydrogens (tertiary/aromatic N) is 1. The average molecular weight is 399 g/mol. The van der Waals surface area contributed by atoms with Gasteiger partial charge in [0.1, 0.15) is 0 Å². The van der Waals surface area contributed by atoms with E-state index in [-0.39, 0.29) is 5.91 Å². The van der Waals surface area contributed by atoms with Crippen LogP contribution in [0.25, 0.3) is 0 Å². The molecule has 2 unspecified atom stereocenters. The van der Waals surface area contributed by atoms with Gasteiger partial charge in [0.2, 0.25) is 0 Å². The number of likely N-dealkylation sites (tertiary alicyclic amines) is 1. The fourth-order valence-electron chi connectivity index (χ4n) is 3.81. The lowest BCUT2D eigenvalue weighted by Crippen LogP contribution is -2.37. The standard InChI is InChI=1S/C23H30N2O2S/c1-18-8-5-6-13-25(18)16-22-11-4-3-10-21(22)15-24-23(26)20-12-7-9-19(14-20)17-28(2)27/h3-4,7,9-12,14,18H,5-6,8,13,15-17H2,1-2H3,(H,24,26). The van der Waals surface area contributed by atoms with Gasteiger partial charge in [0.05, 0.1) is 0 Å². The highest BCUT2D eigenvalue weighted by Crippen LogP contribution is 2.21. The monoisotopic (exact) mass is 398 g/mol. The van der Waals surface area contributed by atoms with Crippen molar-refractivity contribution in [2.75, 3.05) is 12.8 Å². The molecule has 0 bridgehead atoms. The van der Waals surface area contributed by atoms with Crippen LogP contribution >= 0.6 is 0 Å². The molecule has 1 N–H and O–H groups in total. The summed E-state index contributed by atoms with van der Waals surface area (Å²) in [6.45, 7) is 4.90. The van der Waals surface area contributed by atoms with Gasteiger partial charge < -0.3 is 5.32 Å². The first-order valence-electron chi connectivity index (χ1n) is 10.0. The van der Waals surface area contributed by atoms with E-state index in [1.807, 2.05) is 24.3 Å². The number of carbonyl (C=O) groups is 1. The molecule has 5 heteroatoms. The number of carbonyl (C=O) groups excluding carboxylic acids is 1. The lowest BCUT2D eigenvalue weighted by Gasteiger charge is -2.33. The van der Waals surface area contributed by atoms with E-state index in [9.17, 15) is 9.00 Å². The third-order valence-electron chi connectivity index (χ3n) is 5.43. The number of rotatable bonds is 7. The van der Waals surface area contributed by atoms with E-state index < -0.39 is 10.8 Å². The number of piperidine rings is 1. The first kappa shape index (κ1) is 20.7. The van der Waals surface area contributed by atoms with E-state index in [1.165, 1.54) is 30.4 Å². The van der Waals surface area contributed by atoms with Gasteiger partial charge in [-0.2, -0.15) is 0 Å². The minimum absolute atomic E-state index is 0.0927. The summed E-state index contributed by atoms with van der Waals surface area (Å²) in [5.41, 5.74) is 3.99. The van der Waals surface area contributed by atoms with Crippen LogP contribution in [0.3, 0.4) is 0 Å². The van der Waals surface area contributed by atoms with Crippen molar-refractivity contribution in [2.24, 2.45) is 0 Å². The molecule has 1 amide bonds. The van der Waals surface area contributed by atoms with Crippen molar-refractivity contribution in [1.29, 1.82) is 0 Å². The van der Waals surface area contributed by atoms with Crippen molar-refractivity contribution >= 4 is 16.7 Å². The zero-order valence-corrected chi connectivity index (χ0v) is 17.6. The van der Waals surface area contributed by atoms with Crippen LogP contribution in [0.1, 0.15) is 53.2 Å². The maximum atomic E-state index is 12.6. The van der Waals surface area contributed by atoms with Gasteiger partial charge >= 0.3 is 0 Å². The minimum Gasteiger partial charge on any atom is -0.348 e. The average Bonchev–Trinajstić information content (AvgIpc) is 2.68. The molecule has 2 aromatic carbocycles. The summed E-state index contributed by atoms with van der Waals surface area (Å²) in [6.07, 6.45) is 5.52. The van der Waals surface area contributed by atoms with Gasteiger partial charge in [-0.25, -0.2) is 0 Å². The second-order valence-electron chi connectivity index (χ2n) is 7.68. The lowest BCUT2D eigenvalue weighted by molar-refractivity contribution is 0.0950. The summed E-state index contributed by atoms with van der Waals surface area (Å²) in [5, 5.41) is 3.05. The molecule has 0 radical (unpaired) electrons. The molecule has 1 heterocycles. The van der Waals surface area contributed by atoms with E-state index in [2.05, 4.69) is 35.3 Å². The maximum absolute atomic E-state index is 12.6. The molecule has 0 saturated carbocycles. The normalized spacial score (nSPS) is 18.6. The molecule has 1 aliphatic rings. The number of benzene rings is 2. The molecule has 0 aromatic heterocycles. The highest BCUT2D eigenvalue weighted by Gasteiger charge is 2.19. The Morgan fingerprint density at radius 2 is 1.93 bits per heavy atom. The van der Waals surface area contributed by atoms with Gasteiger partial charge in [0.25, 0.3) is 5.91 Å². The Balaban J connectivity index is 1.64. The van der Waals surface area contributed by atoms with Crippen LogP contribution in [0.4, 0.5) is 0 Å². The highest BCUT2D eigenvalue weighted by atomic mass is 32.2. The predicted molar refractivity (Wildman–Crippen MR) is 116 cm³/mol. The summed E-state index contributed by atoms with van der Waals surface area (Å²) in [7, 11) is -0.918. The molecule has 150 valence electrons. The second-order valence-corrected chi connectivity index (χ2v) is 9.12. The van der Waals surface area contributed by atoms with E-state index in [1.54, 1.807) is 12.3 Å². The van der Waals surface area contributed by atoms with E-state index in [0.29, 0.717) is 23.9 Å². The molecule has 1 saturated heterocycles. The summed E-state index contributed by atoms with van der Waals surface area (Å²) in [5.74, 6) is 0.378. The van der Waals surface area contributed by atoms with E-state index in [4.69, 9.17) is 0 Å². The number of hydrogen-bond donors (Lipinski definition) is 1. The third-order valence-corrected chi connectivity index (χ3v) is 6.17. The number of hydrogen-bond acceptors (Lipinski definition) is 3. The lowest BCUT2D eigenvalue weighted by atomic mass is 10.0. The summed E-state index contributed by atoms with van der Waals surface area (Å²) in [6, 6.07) is 16.4. The predicted octanol–water partition coefficient (Wildman–Crippen LogP) is 3.87. The fourth-order valence-corrected chi connectivity index (χ4v) is 4.46. The molecule has 4 nitrogen and oxygen atoms in total. The fraction of sp³-hybridized carbons (Fsp3) is 0.435. The molecule has 3 rings (SSSR count). The van der Waals surface area contributed by atoms with Crippen molar-refractivity contribution in [2.45, 2.75) is 51.1 Å². The second kappa shape index (κ2) is 9.99. The smallest absolute Gasteiger partial charge is 0.251 e. The van der Waals surface area contributed by atoms with Gasteiger partial charge in [-0.05, 0) is 55.1 Å². The Morgan fingerprint density at radius 3 is 2.68 bits per heavy atom. The van der Waals surface area contributed by atoms with Crippen LogP contribution in [0.5, 0.6) is 0 Å². The van der Waals surface area contributed by atoms with E-state index >= 15 is 0 Å². The van der Waals surface area contributed by atoms with Crippen LogP contribution in [0.2, 0.25) is 0 Å². The number of nitrogens with one attached hydrogen (secondary N) is 1. The van der Waals surface area contributed by atoms with Crippen molar-refractivity contribution in [3.63, 3.8) is 0 Å². The molecule has 0 spiro atoms. The Kier molecular flexibility index (Phi) is 7.40. The van der Waals surface area contributed by atoms with Gasteiger partial charge in [0, 0.05) is 47.5 Å². The van der Waals surface area contributed by atoms with Crippen LogP contribution in [0, 0.1) is 0 Å². The topological polar surface area (TPSA) is 49.4 Å². The molecular weight excluding hydrogens is 368 g/mol. The highest BCUT2D eigenvalue weighted by molar-refractivity contribution is 7.83. The molecule has 1 aliphatic heterocycles. The van der Waals surface area contributed by atoms with Gasteiger partial charge in [-0.3, -0.25) is 13.9 Å². The van der Waals surface area contributed by atoms with Gasteiger partial charge in [-0.1, -0.05) is 42.8 Å². The first-order chi connectivity index (χ1) is 13.5. The quantitative estimate of drug-likeness (QED) is 0.770. The van der Waals surface area contributed by atoms with Crippen molar-refractivity contribution in [3.8, 4) is 0 Å². The first-order valence-corrected chi connectivity index (χ1v) is 11.7. The Bertz CT molecular complexity index is 837. The maximum Gasteiger partial charge on any atom is 0.251 e. The zero-order valence-electron chi connectivity index (χ0n) is 16.8. The largest absolute Gasteiger partial charge is 0.348 e. The minimum atomic E-state index is -0.918. The Morgan fingerprint density at radius 1 is 1.14 bits per heavy atom. The van der Waals surface area contributed by atoms with Crippen LogP contribution < -0.4 is 5.32 Å². The van der Waals surface area contributed by atoms with Crippen LogP contribution in [-0.4, -0.2) is 33.9 Å². The van der Waals surface area contributed by atoms with Crippen LogP contribution in [0.15, 0.2) is 48.5 Å². The number of amides is 1. The molecular formula is C23H30N2O2S.